The third kappa shape index (κ3) is 4.90. The van der Waals surface area contributed by atoms with Crippen molar-refractivity contribution < 1.29 is 0 Å². The van der Waals surface area contributed by atoms with Crippen LogP contribution in [0.4, 0.5) is 5.95 Å². The number of nitrogens with one attached hydrogen (secondary N) is 1. The summed E-state index contributed by atoms with van der Waals surface area (Å²) in [6.07, 6.45) is 4.61. The van der Waals surface area contributed by atoms with Crippen LogP contribution in [0.5, 0.6) is 0 Å². The van der Waals surface area contributed by atoms with Crippen LogP contribution >= 0.6 is 15.9 Å². The van der Waals surface area contributed by atoms with Crippen molar-refractivity contribution in [2.75, 3.05) is 31.5 Å². The minimum atomic E-state index is 0.697. The monoisotopic (exact) mass is 286 g/mol. The molecule has 0 aliphatic rings. The summed E-state index contributed by atoms with van der Waals surface area (Å²) in [5.41, 5.74) is 0. The molecule has 0 saturated carbocycles. The minimum Gasteiger partial charge on any atom is -0.354 e. The van der Waals surface area contributed by atoms with Gasteiger partial charge < -0.3 is 10.2 Å². The second-order valence-corrected chi connectivity index (χ2v) is 4.45. The fraction of sp³-hybridized carbons (Fsp3) is 0.636. The maximum absolute atomic E-state index is 4.15. The first-order chi connectivity index (χ1) is 7.76. The van der Waals surface area contributed by atoms with Crippen LogP contribution in [-0.4, -0.2) is 41.0 Å². The van der Waals surface area contributed by atoms with E-state index in [2.05, 4.69) is 50.0 Å². The molecule has 0 atom stereocenters. The van der Waals surface area contributed by atoms with Gasteiger partial charge in [-0.05, 0) is 42.0 Å². The molecule has 1 rings (SSSR count). The van der Waals surface area contributed by atoms with Gasteiger partial charge in [0.15, 0.2) is 0 Å². The molecule has 0 unspecified atom stereocenters. The lowest BCUT2D eigenvalue weighted by atomic mass is 10.3. The Labute approximate surface area is 106 Å². The van der Waals surface area contributed by atoms with Crippen LogP contribution in [0.15, 0.2) is 16.9 Å². The molecule has 0 amide bonds. The molecular weight excluding hydrogens is 268 g/mol. The van der Waals surface area contributed by atoms with Gasteiger partial charge in [-0.25, -0.2) is 9.97 Å². The first kappa shape index (κ1) is 13.4. The SMILES string of the molecule is CCN(CC)CCCNc1ncc(Br)cn1. The summed E-state index contributed by atoms with van der Waals surface area (Å²) < 4.78 is 0.904. The zero-order valence-corrected chi connectivity index (χ0v) is 11.5. The Bertz CT molecular complexity index is 285. The van der Waals surface area contributed by atoms with E-state index in [1.807, 2.05) is 0 Å². The van der Waals surface area contributed by atoms with Crippen molar-refractivity contribution in [2.45, 2.75) is 20.3 Å². The van der Waals surface area contributed by atoms with Crippen LogP contribution in [0.1, 0.15) is 20.3 Å². The van der Waals surface area contributed by atoms with Gasteiger partial charge in [-0.3, -0.25) is 0 Å². The van der Waals surface area contributed by atoms with Crippen molar-refractivity contribution in [3.8, 4) is 0 Å². The van der Waals surface area contributed by atoms with Crippen LogP contribution in [-0.2, 0) is 0 Å². The average molecular weight is 287 g/mol. The zero-order valence-electron chi connectivity index (χ0n) is 9.91. The molecule has 0 spiro atoms. The number of aromatic nitrogens is 2. The first-order valence-corrected chi connectivity index (χ1v) is 6.49. The van der Waals surface area contributed by atoms with E-state index >= 15 is 0 Å². The summed E-state index contributed by atoms with van der Waals surface area (Å²) in [7, 11) is 0. The standard InChI is InChI=1S/C11H19BrN4/c1-3-16(4-2)7-5-6-13-11-14-8-10(12)9-15-11/h8-9H,3-7H2,1-2H3,(H,13,14,15). The van der Waals surface area contributed by atoms with Gasteiger partial charge in [0, 0.05) is 18.9 Å². The fourth-order valence-corrected chi connectivity index (χ4v) is 1.65. The van der Waals surface area contributed by atoms with E-state index < -0.39 is 0 Å². The Morgan fingerprint density at radius 1 is 1.25 bits per heavy atom. The number of halogens is 1. The molecule has 1 heterocycles. The molecule has 1 aromatic rings. The number of rotatable bonds is 7. The van der Waals surface area contributed by atoms with E-state index in [9.17, 15) is 0 Å². The van der Waals surface area contributed by atoms with Gasteiger partial charge in [0.1, 0.15) is 0 Å². The van der Waals surface area contributed by atoms with E-state index in [0.29, 0.717) is 5.95 Å². The van der Waals surface area contributed by atoms with Crippen LogP contribution in [0.2, 0.25) is 0 Å². The fourth-order valence-electron chi connectivity index (χ4n) is 1.45. The molecule has 90 valence electrons. The van der Waals surface area contributed by atoms with Crippen LogP contribution in [0, 0.1) is 0 Å². The van der Waals surface area contributed by atoms with Gasteiger partial charge in [0.05, 0.1) is 4.47 Å². The number of hydrogen-bond donors (Lipinski definition) is 1. The summed E-state index contributed by atoms with van der Waals surface area (Å²) in [5, 5.41) is 3.21. The van der Waals surface area contributed by atoms with E-state index in [1.165, 1.54) is 0 Å². The van der Waals surface area contributed by atoms with Gasteiger partial charge >= 0.3 is 0 Å². The predicted octanol–water partition coefficient (Wildman–Crippen LogP) is 2.38. The van der Waals surface area contributed by atoms with Crippen molar-refractivity contribution in [1.29, 1.82) is 0 Å². The smallest absolute Gasteiger partial charge is 0.222 e. The number of anilines is 1. The molecule has 0 aliphatic heterocycles. The highest BCUT2D eigenvalue weighted by Gasteiger charge is 1.99. The second-order valence-electron chi connectivity index (χ2n) is 3.53. The highest BCUT2D eigenvalue weighted by Crippen LogP contribution is 2.06. The van der Waals surface area contributed by atoms with Gasteiger partial charge in [0.2, 0.25) is 5.95 Å². The molecule has 1 aromatic heterocycles. The first-order valence-electron chi connectivity index (χ1n) is 5.70. The van der Waals surface area contributed by atoms with Crippen molar-refractivity contribution in [2.24, 2.45) is 0 Å². The molecule has 16 heavy (non-hydrogen) atoms. The minimum absolute atomic E-state index is 0.697. The van der Waals surface area contributed by atoms with Gasteiger partial charge in [0.25, 0.3) is 0 Å². The number of nitrogens with zero attached hydrogens (tertiary/aromatic N) is 3. The topological polar surface area (TPSA) is 41.0 Å². The summed E-state index contributed by atoms with van der Waals surface area (Å²) in [5.74, 6) is 0.697. The van der Waals surface area contributed by atoms with Crippen molar-refractivity contribution >= 4 is 21.9 Å². The van der Waals surface area contributed by atoms with Crippen LogP contribution in [0.25, 0.3) is 0 Å². The Hall–Kier alpha value is -0.680. The van der Waals surface area contributed by atoms with E-state index in [1.54, 1.807) is 12.4 Å². The second kappa shape index (κ2) is 7.57. The highest BCUT2D eigenvalue weighted by molar-refractivity contribution is 9.10. The molecule has 0 bridgehead atoms. The molecule has 0 fully saturated rings. The van der Waals surface area contributed by atoms with Crippen molar-refractivity contribution in [1.82, 2.24) is 14.9 Å². The maximum Gasteiger partial charge on any atom is 0.222 e. The van der Waals surface area contributed by atoms with Crippen molar-refractivity contribution in [3.63, 3.8) is 0 Å². The normalized spacial score (nSPS) is 10.8. The van der Waals surface area contributed by atoms with Crippen LogP contribution < -0.4 is 5.32 Å². The third-order valence-corrected chi connectivity index (χ3v) is 2.86. The Morgan fingerprint density at radius 2 is 1.88 bits per heavy atom. The molecule has 4 nitrogen and oxygen atoms in total. The van der Waals surface area contributed by atoms with E-state index in [-0.39, 0.29) is 0 Å². The molecule has 0 radical (unpaired) electrons. The van der Waals surface area contributed by atoms with Crippen molar-refractivity contribution in [3.05, 3.63) is 16.9 Å². The molecule has 5 heteroatoms. The molecule has 0 aliphatic carbocycles. The van der Waals surface area contributed by atoms with E-state index in [4.69, 9.17) is 0 Å². The largest absolute Gasteiger partial charge is 0.354 e. The zero-order chi connectivity index (χ0) is 11.8. The average Bonchev–Trinajstić information content (AvgIpc) is 2.32. The van der Waals surface area contributed by atoms with E-state index in [0.717, 1.165) is 37.1 Å². The summed E-state index contributed by atoms with van der Waals surface area (Å²) in [4.78, 5) is 10.7. The van der Waals surface area contributed by atoms with Gasteiger partial charge in [-0.1, -0.05) is 13.8 Å². The Balaban J connectivity index is 2.18. The Kier molecular flexibility index (Phi) is 6.33. The lowest BCUT2D eigenvalue weighted by Gasteiger charge is -2.17. The lowest BCUT2D eigenvalue weighted by molar-refractivity contribution is 0.303. The van der Waals surface area contributed by atoms with Gasteiger partial charge in [-0.15, -0.1) is 0 Å². The third-order valence-electron chi connectivity index (χ3n) is 2.45. The molecular formula is C11H19BrN4. The molecule has 0 saturated heterocycles. The molecule has 1 N–H and O–H groups in total. The summed E-state index contributed by atoms with van der Waals surface area (Å²) in [6.45, 7) is 8.65. The predicted molar refractivity (Wildman–Crippen MR) is 70.6 cm³/mol. The van der Waals surface area contributed by atoms with Crippen LogP contribution in [0.3, 0.4) is 0 Å². The highest BCUT2D eigenvalue weighted by atomic mass is 79.9. The Morgan fingerprint density at radius 3 is 2.44 bits per heavy atom. The summed E-state index contributed by atoms with van der Waals surface area (Å²) >= 11 is 3.31. The summed E-state index contributed by atoms with van der Waals surface area (Å²) in [6, 6.07) is 0. The van der Waals surface area contributed by atoms with Gasteiger partial charge in [-0.2, -0.15) is 0 Å². The maximum atomic E-state index is 4.15. The number of hydrogen-bond acceptors (Lipinski definition) is 4. The quantitative estimate of drug-likeness (QED) is 0.782. The lowest BCUT2D eigenvalue weighted by Crippen LogP contribution is -2.25. The molecule has 0 aromatic carbocycles.